The molecule has 0 aliphatic carbocycles. The van der Waals surface area contributed by atoms with Crippen LogP contribution < -0.4 is 11.2 Å². The van der Waals surface area contributed by atoms with Crippen LogP contribution in [-0.2, 0) is 5.75 Å². The Morgan fingerprint density at radius 3 is 2.71 bits per heavy atom. The van der Waals surface area contributed by atoms with E-state index < -0.39 is 0 Å². The number of nitrogen functional groups attached to an aromatic ring is 1. The van der Waals surface area contributed by atoms with E-state index >= 15 is 0 Å². The van der Waals surface area contributed by atoms with Gasteiger partial charge in [0, 0.05) is 16.8 Å². The van der Waals surface area contributed by atoms with Crippen molar-refractivity contribution in [2.75, 3.05) is 11.2 Å². The van der Waals surface area contributed by atoms with Crippen molar-refractivity contribution < 1.29 is 4.39 Å². The molecule has 0 spiro atoms. The molecule has 0 fully saturated rings. The van der Waals surface area contributed by atoms with Crippen molar-refractivity contribution in [1.82, 2.24) is 19.9 Å². The van der Waals surface area contributed by atoms with Crippen LogP contribution in [0.3, 0.4) is 0 Å². The highest BCUT2D eigenvalue weighted by Gasteiger charge is 2.15. The van der Waals surface area contributed by atoms with E-state index in [0.29, 0.717) is 22.3 Å². The van der Waals surface area contributed by atoms with Gasteiger partial charge in [-0.15, -0.1) is 21.5 Å². The lowest BCUT2D eigenvalue weighted by Gasteiger charge is -2.04. The second-order valence-corrected chi connectivity index (χ2v) is 7.88. The number of thioether (sulfide) groups is 1. The van der Waals surface area contributed by atoms with Gasteiger partial charge in [-0.05, 0) is 31.2 Å². The molecule has 0 saturated carbocycles. The molecule has 6 nitrogen and oxygen atoms in total. The highest BCUT2D eigenvalue weighted by molar-refractivity contribution is 7.98. The summed E-state index contributed by atoms with van der Waals surface area (Å²) in [6, 6.07) is 14.5. The van der Waals surface area contributed by atoms with Gasteiger partial charge in [-0.2, -0.15) is 0 Å². The predicted octanol–water partition coefficient (Wildman–Crippen LogP) is 4.60. The van der Waals surface area contributed by atoms with Gasteiger partial charge in [0.2, 0.25) is 5.16 Å². The number of anilines is 2. The van der Waals surface area contributed by atoms with Gasteiger partial charge in [-0.1, -0.05) is 41.6 Å². The van der Waals surface area contributed by atoms with Gasteiger partial charge < -0.3 is 11.2 Å². The van der Waals surface area contributed by atoms with Crippen LogP contribution >= 0.6 is 23.1 Å². The van der Waals surface area contributed by atoms with Crippen molar-refractivity contribution in [1.29, 1.82) is 0 Å². The minimum absolute atomic E-state index is 0.292. The number of nitrogens with two attached hydrogens (primary N) is 1. The number of benzene rings is 2. The molecule has 2 heterocycles. The predicted molar refractivity (Wildman–Crippen MR) is 112 cm³/mol. The summed E-state index contributed by atoms with van der Waals surface area (Å²) < 4.78 is 15.3. The third kappa shape index (κ3) is 4.00. The summed E-state index contributed by atoms with van der Waals surface area (Å²) >= 11 is 2.93. The molecule has 4 aromatic rings. The SMILES string of the molecule is Cc1ccc(Nc2nc(CSc3nnc(-c4ccccc4F)n3N)cs2)cc1. The molecule has 0 atom stereocenters. The lowest BCUT2D eigenvalue weighted by atomic mass is 10.2. The first-order valence-electron chi connectivity index (χ1n) is 8.46. The van der Waals surface area contributed by atoms with Crippen molar-refractivity contribution in [2.24, 2.45) is 0 Å². The molecule has 0 aliphatic rings. The first-order valence-corrected chi connectivity index (χ1v) is 10.3. The monoisotopic (exact) mass is 412 g/mol. The molecule has 2 aromatic carbocycles. The first kappa shape index (κ1) is 18.5. The number of nitrogens with one attached hydrogen (secondary N) is 1. The molecule has 0 aliphatic heterocycles. The molecule has 4 rings (SSSR count). The summed E-state index contributed by atoms with van der Waals surface area (Å²) in [7, 11) is 0. The van der Waals surface area contributed by atoms with Gasteiger partial charge in [0.1, 0.15) is 5.82 Å². The van der Waals surface area contributed by atoms with Gasteiger partial charge in [0.15, 0.2) is 11.0 Å². The number of rotatable bonds is 6. The van der Waals surface area contributed by atoms with Crippen LogP contribution in [0.25, 0.3) is 11.4 Å². The number of hydrogen-bond acceptors (Lipinski definition) is 7. The minimum atomic E-state index is -0.385. The number of halogens is 1. The molecule has 28 heavy (non-hydrogen) atoms. The van der Waals surface area contributed by atoms with Crippen molar-refractivity contribution in [3.8, 4) is 11.4 Å². The van der Waals surface area contributed by atoms with Gasteiger partial charge >= 0.3 is 0 Å². The van der Waals surface area contributed by atoms with E-state index in [1.807, 2.05) is 29.6 Å². The molecule has 0 radical (unpaired) electrons. The number of thiazole rings is 1. The third-order valence-electron chi connectivity index (χ3n) is 3.98. The van der Waals surface area contributed by atoms with E-state index in [1.54, 1.807) is 18.2 Å². The fourth-order valence-electron chi connectivity index (χ4n) is 2.53. The standard InChI is InChI=1S/C19H17FN6S2/c1-12-6-8-13(9-7-12)22-18-23-14(10-27-18)11-28-19-25-24-17(26(19)21)15-4-2-3-5-16(15)20/h2-10H,11,21H2,1H3,(H,22,23). The van der Waals surface area contributed by atoms with E-state index in [9.17, 15) is 4.39 Å². The molecular formula is C19H17FN6S2. The quantitative estimate of drug-likeness (QED) is 0.356. The molecule has 0 bridgehead atoms. The summed E-state index contributed by atoms with van der Waals surface area (Å²) in [5.41, 5.74) is 3.43. The zero-order valence-corrected chi connectivity index (χ0v) is 16.6. The fourth-order valence-corrected chi connectivity index (χ4v) is 4.12. The van der Waals surface area contributed by atoms with E-state index in [0.717, 1.165) is 16.5 Å². The van der Waals surface area contributed by atoms with Crippen molar-refractivity contribution in [3.63, 3.8) is 0 Å². The Kier molecular flexibility index (Phi) is 5.27. The molecule has 142 valence electrons. The molecule has 3 N–H and O–H groups in total. The number of aryl methyl sites for hydroxylation is 1. The average molecular weight is 413 g/mol. The number of nitrogens with zero attached hydrogens (tertiary/aromatic N) is 4. The van der Waals surface area contributed by atoms with Gasteiger partial charge in [0.25, 0.3) is 0 Å². The largest absolute Gasteiger partial charge is 0.335 e. The van der Waals surface area contributed by atoms with Crippen molar-refractivity contribution >= 4 is 33.9 Å². The van der Waals surface area contributed by atoms with Gasteiger partial charge in [-0.25, -0.2) is 14.1 Å². The lowest BCUT2D eigenvalue weighted by Crippen LogP contribution is -2.12. The maximum absolute atomic E-state index is 14.0. The minimum Gasteiger partial charge on any atom is -0.335 e. The van der Waals surface area contributed by atoms with Crippen LogP contribution in [0.5, 0.6) is 0 Å². The van der Waals surface area contributed by atoms with Crippen LogP contribution in [-0.4, -0.2) is 19.9 Å². The van der Waals surface area contributed by atoms with E-state index in [-0.39, 0.29) is 5.82 Å². The summed E-state index contributed by atoms with van der Waals surface area (Å²) in [6.45, 7) is 2.05. The maximum Gasteiger partial charge on any atom is 0.210 e. The smallest absolute Gasteiger partial charge is 0.210 e. The normalized spacial score (nSPS) is 10.9. The van der Waals surface area contributed by atoms with E-state index in [1.165, 1.54) is 39.4 Å². The zero-order chi connectivity index (χ0) is 19.5. The molecular weight excluding hydrogens is 395 g/mol. The molecule has 2 aromatic heterocycles. The number of hydrogen-bond donors (Lipinski definition) is 2. The average Bonchev–Trinajstić information content (AvgIpc) is 3.29. The molecule has 0 unspecified atom stereocenters. The van der Waals surface area contributed by atoms with Crippen molar-refractivity contribution in [2.45, 2.75) is 17.8 Å². The van der Waals surface area contributed by atoms with E-state index in [4.69, 9.17) is 5.84 Å². The Balaban J connectivity index is 1.42. The summed E-state index contributed by atoms with van der Waals surface area (Å²) in [6.07, 6.45) is 0. The molecule has 0 saturated heterocycles. The number of aromatic nitrogens is 4. The van der Waals surface area contributed by atoms with Crippen LogP contribution in [0.2, 0.25) is 0 Å². The lowest BCUT2D eigenvalue weighted by molar-refractivity contribution is 0.629. The van der Waals surface area contributed by atoms with Gasteiger partial charge in [0.05, 0.1) is 11.3 Å². The molecule has 9 heteroatoms. The van der Waals surface area contributed by atoms with Crippen LogP contribution in [0.1, 0.15) is 11.3 Å². The van der Waals surface area contributed by atoms with Gasteiger partial charge in [-0.3, -0.25) is 0 Å². The Labute approximate surface area is 169 Å². The summed E-state index contributed by atoms with van der Waals surface area (Å²) in [5, 5.41) is 14.7. The third-order valence-corrected chi connectivity index (χ3v) is 5.77. The van der Waals surface area contributed by atoms with Crippen LogP contribution in [0, 0.1) is 12.7 Å². The summed E-state index contributed by atoms with van der Waals surface area (Å²) in [5.74, 6) is 6.55. The van der Waals surface area contributed by atoms with Crippen LogP contribution in [0.15, 0.2) is 59.1 Å². The highest BCUT2D eigenvalue weighted by Crippen LogP contribution is 2.28. The zero-order valence-electron chi connectivity index (χ0n) is 15.0. The summed E-state index contributed by atoms with van der Waals surface area (Å²) in [4.78, 5) is 4.58. The topological polar surface area (TPSA) is 81.7 Å². The first-order chi connectivity index (χ1) is 13.6. The Bertz CT molecular complexity index is 1090. The maximum atomic E-state index is 14.0. The van der Waals surface area contributed by atoms with E-state index in [2.05, 4.69) is 27.4 Å². The second-order valence-electron chi connectivity index (χ2n) is 6.08. The fraction of sp³-hybridized carbons (Fsp3) is 0.105. The highest BCUT2D eigenvalue weighted by atomic mass is 32.2. The Morgan fingerprint density at radius 2 is 1.93 bits per heavy atom. The molecule has 0 amide bonds. The Morgan fingerprint density at radius 1 is 1.14 bits per heavy atom. The second kappa shape index (κ2) is 7.99. The Hall–Kier alpha value is -2.91. The van der Waals surface area contributed by atoms with Crippen molar-refractivity contribution in [3.05, 3.63) is 71.0 Å². The van der Waals surface area contributed by atoms with Crippen LogP contribution in [0.4, 0.5) is 15.2 Å².